The van der Waals surface area contributed by atoms with E-state index < -0.39 is 0 Å². The normalized spacial score (nSPS) is 17.1. The summed E-state index contributed by atoms with van der Waals surface area (Å²) in [5.41, 5.74) is 6.93. The molecule has 28 heavy (non-hydrogen) atoms. The molecule has 0 bridgehead atoms. The molecular formula is C20H25Cl2N5O. The Labute approximate surface area is 176 Å². The SMILES string of the molecule is Cl.NC1=NC(c2ccccc2)NC(=NCCCCCOc2ccc(Cl)cc2)N1. The van der Waals surface area contributed by atoms with Crippen molar-refractivity contribution in [2.24, 2.45) is 15.7 Å². The predicted octanol–water partition coefficient (Wildman–Crippen LogP) is 3.87. The van der Waals surface area contributed by atoms with E-state index >= 15 is 0 Å². The van der Waals surface area contributed by atoms with Gasteiger partial charge in [-0.25, -0.2) is 4.99 Å². The third kappa shape index (κ3) is 6.94. The van der Waals surface area contributed by atoms with Crippen molar-refractivity contribution in [3.8, 4) is 5.75 Å². The van der Waals surface area contributed by atoms with Gasteiger partial charge in [-0.2, -0.15) is 0 Å². The molecule has 0 saturated heterocycles. The zero-order valence-corrected chi connectivity index (χ0v) is 17.0. The lowest BCUT2D eigenvalue weighted by Crippen LogP contribution is -2.50. The van der Waals surface area contributed by atoms with E-state index in [0.29, 0.717) is 30.1 Å². The number of aliphatic imine (C=N–C) groups is 2. The van der Waals surface area contributed by atoms with Gasteiger partial charge in [-0.1, -0.05) is 41.9 Å². The van der Waals surface area contributed by atoms with Gasteiger partial charge in [-0.3, -0.25) is 10.3 Å². The van der Waals surface area contributed by atoms with E-state index in [1.54, 1.807) is 0 Å². The molecule has 0 spiro atoms. The summed E-state index contributed by atoms with van der Waals surface area (Å²) in [5, 5.41) is 6.95. The first-order valence-corrected chi connectivity index (χ1v) is 9.43. The molecule has 6 nitrogen and oxygen atoms in total. The summed E-state index contributed by atoms with van der Waals surface area (Å²) in [5.74, 6) is 1.88. The van der Waals surface area contributed by atoms with E-state index in [2.05, 4.69) is 20.6 Å². The van der Waals surface area contributed by atoms with Gasteiger partial charge >= 0.3 is 0 Å². The molecule has 1 heterocycles. The summed E-state index contributed by atoms with van der Waals surface area (Å²) in [4.78, 5) is 8.93. The van der Waals surface area contributed by atoms with Gasteiger partial charge in [0.15, 0.2) is 18.1 Å². The van der Waals surface area contributed by atoms with Crippen LogP contribution in [0.3, 0.4) is 0 Å². The van der Waals surface area contributed by atoms with E-state index in [9.17, 15) is 0 Å². The van der Waals surface area contributed by atoms with E-state index in [-0.39, 0.29) is 18.6 Å². The van der Waals surface area contributed by atoms with Gasteiger partial charge < -0.3 is 15.8 Å². The van der Waals surface area contributed by atoms with Gasteiger partial charge in [-0.15, -0.1) is 12.4 Å². The number of guanidine groups is 2. The highest BCUT2D eigenvalue weighted by atomic mass is 35.5. The van der Waals surface area contributed by atoms with Gasteiger partial charge in [0.05, 0.1) is 6.61 Å². The number of unbranched alkanes of at least 4 members (excludes halogenated alkanes) is 2. The first-order valence-electron chi connectivity index (χ1n) is 9.05. The number of nitrogens with two attached hydrogens (primary N) is 1. The molecule has 150 valence electrons. The Hall–Kier alpha value is -2.44. The lowest BCUT2D eigenvalue weighted by atomic mass is 10.2. The molecule has 0 radical (unpaired) electrons. The molecule has 2 aromatic rings. The molecular weight excluding hydrogens is 397 g/mol. The Morgan fingerprint density at radius 2 is 1.79 bits per heavy atom. The molecule has 1 aliphatic heterocycles. The number of hydrogen-bond acceptors (Lipinski definition) is 4. The second-order valence-corrected chi connectivity index (χ2v) is 6.63. The van der Waals surface area contributed by atoms with E-state index in [0.717, 1.165) is 30.6 Å². The van der Waals surface area contributed by atoms with Crippen molar-refractivity contribution in [2.45, 2.75) is 25.4 Å². The minimum Gasteiger partial charge on any atom is -0.494 e. The highest BCUT2D eigenvalue weighted by Crippen LogP contribution is 2.16. The third-order valence-corrected chi connectivity index (χ3v) is 4.31. The average molecular weight is 422 g/mol. The van der Waals surface area contributed by atoms with Crippen LogP contribution in [0.5, 0.6) is 5.75 Å². The van der Waals surface area contributed by atoms with Gasteiger partial charge in [0.1, 0.15) is 5.75 Å². The number of benzene rings is 2. The van der Waals surface area contributed by atoms with E-state index in [1.807, 2.05) is 54.6 Å². The fourth-order valence-corrected chi connectivity index (χ4v) is 2.80. The van der Waals surface area contributed by atoms with E-state index in [1.165, 1.54) is 0 Å². The molecule has 4 N–H and O–H groups in total. The molecule has 1 aliphatic rings. The van der Waals surface area contributed by atoms with Crippen LogP contribution in [-0.2, 0) is 0 Å². The maximum atomic E-state index is 5.88. The van der Waals surface area contributed by atoms with Crippen molar-refractivity contribution in [2.75, 3.05) is 13.2 Å². The topological polar surface area (TPSA) is 84.0 Å². The maximum absolute atomic E-state index is 5.88. The molecule has 0 fully saturated rings. The highest BCUT2D eigenvalue weighted by molar-refractivity contribution is 6.30. The van der Waals surface area contributed by atoms with Gasteiger partial charge in [0, 0.05) is 11.6 Å². The Morgan fingerprint density at radius 3 is 2.54 bits per heavy atom. The van der Waals surface area contributed by atoms with Crippen molar-refractivity contribution >= 4 is 35.9 Å². The summed E-state index contributed by atoms with van der Waals surface area (Å²) >= 11 is 5.85. The van der Waals surface area contributed by atoms with Gasteiger partial charge in [0.2, 0.25) is 0 Å². The average Bonchev–Trinajstić information content (AvgIpc) is 2.69. The minimum absolute atomic E-state index is 0. The number of ether oxygens (including phenoxy) is 1. The summed E-state index contributed by atoms with van der Waals surface area (Å²) in [6, 6.07) is 17.4. The second-order valence-electron chi connectivity index (χ2n) is 6.19. The summed E-state index contributed by atoms with van der Waals surface area (Å²) in [6.45, 7) is 1.40. The molecule has 1 atom stereocenters. The minimum atomic E-state index is -0.209. The molecule has 2 aromatic carbocycles. The van der Waals surface area contributed by atoms with Crippen molar-refractivity contribution in [3.63, 3.8) is 0 Å². The van der Waals surface area contributed by atoms with Crippen LogP contribution in [0.4, 0.5) is 0 Å². The third-order valence-electron chi connectivity index (χ3n) is 4.06. The smallest absolute Gasteiger partial charge is 0.200 e. The lowest BCUT2D eigenvalue weighted by Gasteiger charge is -2.24. The Balaban J connectivity index is 0.00000280. The van der Waals surface area contributed by atoms with Gasteiger partial charge in [-0.05, 0) is 49.1 Å². The number of rotatable bonds is 8. The molecule has 0 aromatic heterocycles. The fraction of sp³-hybridized carbons (Fsp3) is 0.300. The fourth-order valence-electron chi connectivity index (χ4n) is 2.67. The van der Waals surface area contributed by atoms with Gasteiger partial charge in [0.25, 0.3) is 0 Å². The van der Waals surface area contributed by atoms with Crippen molar-refractivity contribution in [1.82, 2.24) is 10.6 Å². The zero-order chi connectivity index (χ0) is 18.9. The number of nitrogens with one attached hydrogen (secondary N) is 2. The van der Waals surface area contributed by atoms with Crippen LogP contribution in [0.25, 0.3) is 0 Å². The molecule has 0 aliphatic carbocycles. The van der Waals surface area contributed by atoms with E-state index in [4.69, 9.17) is 22.1 Å². The number of hydrogen-bond donors (Lipinski definition) is 3. The number of halogens is 2. The lowest BCUT2D eigenvalue weighted by molar-refractivity contribution is 0.305. The standard InChI is InChI=1S/C20H24ClN5O.ClH/c21-16-9-11-17(12-10-16)27-14-6-2-5-13-23-20-25-18(24-19(22)26-20)15-7-3-1-4-8-15;/h1,3-4,7-12,18H,2,5-6,13-14H2,(H4,22,23,24,25,26);1H. The Bertz CT molecular complexity index is 781. The molecule has 8 heteroatoms. The Morgan fingerprint density at radius 1 is 1.04 bits per heavy atom. The summed E-state index contributed by atoms with van der Waals surface area (Å²) in [6.07, 6.45) is 2.78. The quantitative estimate of drug-likeness (QED) is 0.564. The zero-order valence-electron chi connectivity index (χ0n) is 15.5. The second kappa shape index (κ2) is 11.4. The highest BCUT2D eigenvalue weighted by Gasteiger charge is 2.17. The van der Waals surface area contributed by atoms with Crippen molar-refractivity contribution < 1.29 is 4.74 Å². The van der Waals surface area contributed by atoms with Crippen molar-refractivity contribution in [1.29, 1.82) is 0 Å². The van der Waals surface area contributed by atoms with Crippen LogP contribution >= 0.6 is 24.0 Å². The number of nitrogens with zero attached hydrogens (tertiary/aromatic N) is 2. The monoisotopic (exact) mass is 421 g/mol. The van der Waals surface area contributed by atoms with Crippen LogP contribution < -0.4 is 21.1 Å². The molecule has 0 saturated carbocycles. The molecule has 0 amide bonds. The molecule has 3 rings (SSSR count). The largest absolute Gasteiger partial charge is 0.494 e. The van der Waals surface area contributed by atoms with Crippen LogP contribution in [0.2, 0.25) is 5.02 Å². The van der Waals surface area contributed by atoms with Crippen LogP contribution in [0.15, 0.2) is 64.6 Å². The summed E-state index contributed by atoms with van der Waals surface area (Å²) < 4.78 is 5.68. The maximum Gasteiger partial charge on any atom is 0.200 e. The summed E-state index contributed by atoms with van der Waals surface area (Å²) in [7, 11) is 0. The molecule has 1 unspecified atom stereocenters. The Kier molecular flexibility index (Phi) is 8.91. The van der Waals surface area contributed by atoms with Crippen molar-refractivity contribution in [3.05, 3.63) is 65.2 Å². The van der Waals surface area contributed by atoms with Crippen LogP contribution in [-0.4, -0.2) is 25.1 Å². The first-order chi connectivity index (χ1) is 13.2. The van der Waals surface area contributed by atoms with Crippen LogP contribution in [0.1, 0.15) is 31.0 Å². The predicted molar refractivity (Wildman–Crippen MR) is 117 cm³/mol. The first kappa shape index (κ1) is 21.9. The van der Waals surface area contributed by atoms with Crippen LogP contribution in [0, 0.1) is 0 Å².